The monoisotopic (exact) mass is 281 g/mol. The second-order valence-electron chi connectivity index (χ2n) is 4.37. The normalized spacial score (nSPS) is 10.7. The minimum atomic E-state index is -1.22. The lowest BCUT2D eigenvalue weighted by molar-refractivity contribution is 0.496. The van der Waals surface area contributed by atoms with Crippen LogP contribution in [0.3, 0.4) is 0 Å². The number of hydrogen-bond acceptors (Lipinski definition) is 3. The molecular weight excluding hydrogens is 267 g/mol. The van der Waals surface area contributed by atoms with E-state index in [-0.39, 0.29) is 11.3 Å². The highest BCUT2D eigenvalue weighted by Gasteiger charge is 2.16. The van der Waals surface area contributed by atoms with E-state index in [1.807, 2.05) is 6.92 Å². The summed E-state index contributed by atoms with van der Waals surface area (Å²) in [5.41, 5.74) is 0.754. The van der Waals surface area contributed by atoms with Crippen LogP contribution < -0.4 is 5.32 Å². The van der Waals surface area contributed by atoms with Crippen molar-refractivity contribution in [1.82, 2.24) is 9.97 Å². The molecule has 0 saturated carbocycles. The van der Waals surface area contributed by atoms with Crippen molar-refractivity contribution >= 4 is 5.82 Å². The molecule has 106 valence electrons. The van der Waals surface area contributed by atoms with Gasteiger partial charge in [0.1, 0.15) is 18.0 Å². The van der Waals surface area contributed by atoms with E-state index in [4.69, 9.17) is 0 Å². The van der Waals surface area contributed by atoms with Crippen LogP contribution in [0.25, 0.3) is 11.3 Å². The molecule has 0 aliphatic heterocycles. The molecule has 0 radical (unpaired) electrons. The van der Waals surface area contributed by atoms with Gasteiger partial charge in [-0.15, -0.1) is 0 Å². The van der Waals surface area contributed by atoms with Crippen molar-refractivity contribution in [1.29, 1.82) is 0 Å². The Labute approximate surface area is 114 Å². The number of rotatable bonds is 4. The molecular formula is C14H14F3N3. The third kappa shape index (κ3) is 2.74. The molecule has 1 heterocycles. The third-order valence-corrected chi connectivity index (χ3v) is 2.89. The number of hydrogen-bond donors (Lipinski definition) is 1. The van der Waals surface area contributed by atoms with E-state index in [0.717, 1.165) is 12.5 Å². The van der Waals surface area contributed by atoms with Crippen LogP contribution in [-0.2, 0) is 0 Å². The molecule has 0 bridgehead atoms. The fraction of sp³-hybridized carbons (Fsp3) is 0.286. The molecule has 20 heavy (non-hydrogen) atoms. The van der Waals surface area contributed by atoms with E-state index in [9.17, 15) is 13.2 Å². The van der Waals surface area contributed by atoms with Gasteiger partial charge in [0.25, 0.3) is 0 Å². The third-order valence-electron chi connectivity index (χ3n) is 2.89. The number of nitrogens with one attached hydrogen (secondary N) is 1. The zero-order valence-corrected chi connectivity index (χ0v) is 11.2. The first-order chi connectivity index (χ1) is 9.54. The van der Waals surface area contributed by atoms with Crippen molar-refractivity contribution in [3.63, 3.8) is 0 Å². The highest BCUT2D eigenvalue weighted by atomic mass is 19.2. The Balaban J connectivity index is 2.50. The van der Waals surface area contributed by atoms with Gasteiger partial charge in [0.2, 0.25) is 0 Å². The maximum atomic E-state index is 13.8. The lowest BCUT2D eigenvalue weighted by atomic mass is 10.1. The van der Waals surface area contributed by atoms with Crippen LogP contribution >= 0.6 is 0 Å². The van der Waals surface area contributed by atoms with Gasteiger partial charge >= 0.3 is 0 Å². The zero-order valence-electron chi connectivity index (χ0n) is 11.2. The Morgan fingerprint density at radius 1 is 1.05 bits per heavy atom. The van der Waals surface area contributed by atoms with Gasteiger partial charge < -0.3 is 5.32 Å². The Bertz CT molecular complexity index is 629. The molecule has 2 aromatic rings. The summed E-state index contributed by atoms with van der Waals surface area (Å²) in [7, 11) is 0. The van der Waals surface area contributed by atoms with E-state index >= 15 is 0 Å². The van der Waals surface area contributed by atoms with Gasteiger partial charge in [-0.05, 0) is 19.4 Å². The second kappa shape index (κ2) is 5.90. The Morgan fingerprint density at radius 3 is 2.45 bits per heavy atom. The average Bonchev–Trinajstić information content (AvgIpc) is 2.42. The van der Waals surface area contributed by atoms with E-state index in [1.165, 1.54) is 6.33 Å². The molecule has 6 heteroatoms. The molecule has 1 aromatic heterocycles. The molecule has 1 N–H and O–H groups in total. The molecule has 0 spiro atoms. The molecule has 3 nitrogen and oxygen atoms in total. The van der Waals surface area contributed by atoms with Gasteiger partial charge in [-0.3, -0.25) is 0 Å². The average molecular weight is 281 g/mol. The first-order valence-corrected chi connectivity index (χ1v) is 6.25. The minimum Gasteiger partial charge on any atom is -0.370 e. The summed E-state index contributed by atoms with van der Waals surface area (Å²) < 4.78 is 40.0. The van der Waals surface area contributed by atoms with Crippen molar-refractivity contribution < 1.29 is 13.2 Å². The number of nitrogens with zero attached hydrogens (tertiary/aromatic N) is 2. The van der Waals surface area contributed by atoms with Gasteiger partial charge in [-0.1, -0.05) is 6.92 Å². The van der Waals surface area contributed by atoms with E-state index < -0.39 is 17.5 Å². The lowest BCUT2D eigenvalue weighted by Crippen LogP contribution is -2.06. The number of halogens is 3. The van der Waals surface area contributed by atoms with Crippen molar-refractivity contribution in [2.24, 2.45) is 0 Å². The molecule has 0 unspecified atom stereocenters. The Morgan fingerprint density at radius 2 is 1.75 bits per heavy atom. The predicted octanol–water partition coefficient (Wildman–Crippen LogP) is 3.69. The molecule has 0 amide bonds. The molecule has 2 rings (SSSR count). The maximum absolute atomic E-state index is 13.8. The lowest BCUT2D eigenvalue weighted by Gasteiger charge is -2.11. The van der Waals surface area contributed by atoms with Crippen molar-refractivity contribution in [3.8, 4) is 11.3 Å². The summed E-state index contributed by atoms with van der Waals surface area (Å²) in [6.45, 7) is 4.41. The Kier molecular flexibility index (Phi) is 4.22. The smallest absolute Gasteiger partial charge is 0.161 e. The number of aromatic nitrogens is 2. The summed E-state index contributed by atoms with van der Waals surface area (Å²) in [5, 5.41) is 3.08. The van der Waals surface area contributed by atoms with Gasteiger partial charge in [0.05, 0.1) is 5.69 Å². The summed E-state index contributed by atoms with van der Waals surface area (Å²) >= 11 is 0. The summed E-state index contributed by atoms with van der Waals surface area (Å²) in [4.78, 5) is 8.03. The van der Waals surface area contributed by atoms with E-state index in [0.29, 0.717) is 24.0 Å². The molecule has 0 atom stereocenters. The van der Waals surface area contributed by atoms with Crippen molar-refractivity contribution in [2.45, 2.75) is 20.3 Å². The van der Waals surface area contributed by atoms with Gasteiger partial charge in [-0.25, -0.2) is 23.1 Å². The topological polar surface area (TPSA) is 37.8 Å². The molecule has 0 aliphatic rings. The van der Waals surface area contributed by atoms with Crippen LogP contribution in [-0.4, -0.2) is 16.5 Å². The predicted molar refractivity (Wildman–Crippen MR) is 70.9 cm³/mol. The number of benzene rings is 1. The summed E-state index contributed by atoms with van der Waals surface area (Å²) in [6.07, 6.45) is 2.17. The van der Waals surface area contributed by atoms with Gasteiger partial charge in [0.15, 0.2) is 11.6 Å². The van der Waals surface area contributed by atoms with E-state index in [1.54, 1.807) is 6.92 Å². The Hall–Kier alpha value is -2.11. The maximum Gasteiger partial charge on any atom is 0.161 e. The van der Waals surface area contributed by atoms with Gasteiger partial charge in [-0.2, -0.15) is 0 Å². The SMILES string of the molecule is CCCNc1ncnc(-c2cc(F)c(F)cc2F)c1C. The molecule has 0 saturated heterocycles. The van der Waals surface area contributed by atoms with Crippen LogP contribution in [0.2, 0.25) is 0 Å². The van der Waals surface area contributed by atoms with Crippen LogP contribution in [0.4, 0.5) is 19.0 Å². The van der Waals surface area contributed by atoms with Crippen molar-refractivity contribution in [3.05, 3.63) is 41.5 Å². The number of anilines is 1. The molecule has 0 aliphatic carbocycles. The summed E-state index contributed by atoms with van der Waals surface area (Å²) in [5.74, 6) is -2.63. The van der Waals surface area contributed by atoms with Crippen LogP contribution in [0.1, 0.15) is 18.9 Å². The minimum absolute atomic E-state index is 0.0802. The molecule has 1 aromatic carbocycles. The second-order valence-corrected chi connectivity index (χ2v) is 4.37. The fourth-order valence-corrected chi connectivity index (χ4v) is 1.85. The molecule has 0 fully saturated rings. The highest BCUT2D eigenvalue weighted by molar-refractivity contribution is 5.68. The van der Waals surface area contributed by atoms with Gasteiger partial charge in [0, 0.05) is 23.7 Å². The first-order valence-electron chi connectivity index (χ1n) is 6.25. The van der Waals surface area contributed by atoms with Crippen molar-refractivity contribution in [2.75, 3.05) is 11.9 Å². The highest BCUT2D eigenvalue weighted by Crippen LogP contribution is 2.28. The van der Waals surface area contributed by atoms with E-state index in [2.05, 4.69) is 15.3 Å². The first kappa shape index (κ1) is 14.3. The summed E-state index contributed by atoms with van der Waals surface area (Å²) in [6, 6.07) is 1.33. The van der Waals surface area contributed by atoms with Crippen LogP contribution in [0, 0.1) is 24.4 Å². The van der Waals surface area contributed by atoms with Crippen LogP contribution in [0.15, 0.2) is 18.5 Å². The van der Waals surface area contributed by atoms with Crippen LogP contribution in [0.5, 0.6) is 0 Å². The standard InChI is InChI=1S/C14H14F3N3/c1-3-4-18-14-8(2)13(19-7-20-14)9-5-11(16)12(17)6-10(9)15/h5-7H,3-4H2,1-2H3,(H,18,19,20). The quantitative estimate of drug-likeness (QED) is 0.868. The zero-order chi connectivity index (χ0) is 14.7. The largest absolute Gasteiger partial charge is 0.370 e. The fourth-order valence-electron chi connectivity index (χ4n) is 1.85.